The zero-order chi connectivity index (χ0) is 22.0. The third-order valence-corrected chi connectivity index (χ3v) is 6.62. The molecule has 0 saturated carbocycles. The van der Waals surface area contributed by atoms with E-state index in [1.54, 1.807) is 23.1 Å². The highest BCUT2D eigenvalue weighted by molar-refractivity contribution is 8.14. The first-order chi connectivity index (χ1) is 14.9. The number of carbonyl (C=O) groups is 1. The molecule has 160 valence electrons. The molecule has 0 bridgehead atoms. The molecule has 0 spiro atoms. The smallest absolute Gasteiger partial charge is 0.287 e. The third kappa shape index (κ3) is 4.52. The first kappa shape index (κ1) is 21.2. The summed E-state index contributed by atoms with van der Waals surface area (Å²) in [6, 6.07) is 18.8. The number of thioether (sulfide) groups is 1. The molecule has 7 heteroatoms. The Labute approximate surface area is 183 Å². The minimum Gasteiger partial charge on any atom is -0.508 e. The zero-order valence-corrected chi connectivity index (χ0v) is 17.4. The van der Waals surface area contributed by atoms with Crippen LogP contribution in [0.25, 0.3) is 0 Å². The van der Waals surface area contributed by atoms with Crippen molar-refractivity contribution in [3.05, 3.63) is 89.7 Å². The molecule has 1 aliphatic rings. The van der Waals surface area contributed by atoms with Crippen molar-refractivity contribution in [2.24, 2.45) is 0 Å². The number of benzene rings is 3. The van der Waals surface area contributed by atoms with Gasteiger partial charge in [0.05, 0.1) is 12.1 Å². The maximum absolute atomic E-state index is 13.2. The highest BCUT2D eigenvalue weighted by atomic mass is 32.2. The van der Waals surface area contributed by atoms with Crippen LogP contribution in [0.3, 0.4) is 0 Å². The average molecular weight is 440 g/mol. The zero-order valence-electron chi connectivity index (χ0n) is 16.6. The number of amides is 1. The number of carbonyl (C=O) groups excluding carboxylic acids is 1. The number of hydrogen-bond acceptors (Lipinski definition) is 5. The summed E-state index contributed by atoms with van der Waals surface area (Å²) in [6.45, 7) is 0. The number of anilines is 1. The van der Waals surface area contributed by atoms with E-state index in [1.165, 1.54) is 36.0 Å². The molecular weight excluding hydrogens is 417 g/mol. The predicted molar refractivity (Wildman–Crippen MR) is 119 cm³/mol. The van der Waals surface area contributed by atoms with Gasteiger partial charge in [-0.25, -0.2) is 4.39 Å². The molecule has 1 unspecified atom stereocenters. The molecule has 0 aliphatic carbocycles. The van der Waals surface area contributed by atoms with Crippen LogP contribution >= 0.6 is 11.8 Å². The normalized spacial score (nSPS) is 19.5. The van der Waals surface area contributed by atoms with Gasteiger partial charge in [-0.2, -0.15) is 0 Å². The first-order valence-corrected chi connectivity index (χ1v) is 10.8. The summed E-state index contributed by atoms with van der Waals surface area (Å²) in [5.41, 5.74) is 1.85. The maximum Gasteiger partial charge on any atom is 0.287 e. The summed E-state index contributed by atoms with van der Waals surface area (Å²) in [7, 11) is 0. The molecular formula is C24H22FNO4S. The van der Waals surface area contributed by atoms with Gasteiger partial charge in [0.25, 0.3) is 5.24 Å². The summed E-state index contributed by atoms with van der Waals surface area (Å²) in [5.74, 6) is -0.521. The maximum atomic E-state index is 13.2. The third-order valence-electron chi connectivity index (χ3n) is 5.43. The lowest BCUT2D eigenvalue weighted by Crippen LogP contribution is -2.29. The quantitative estimate of drug-likeness (QED) is 0.470. The molecule has 31 heavy (non-hydrogen) atoms. The van der Waals surface area contributed by atoms with Crippen LogP contribution in [0.4, 0.5) is 14.9 Å². The Hall–Kier alpha value is -3.03. The second kappa shape index (κ2) is 8.99. The average Bonchev–Trinajstić information content (AvgIpc) is 3.09. The molecule has 1 heterocycles. The molecule has 3 N–H and O–H groups in total. The van der Waals surface area contributed by atoms with Gasteiger partial charge in [0.2, 0.25) is 0 Å². The topological polar surface area (TPSA) is 81.0 Å². The molecule has 3 aromatic rings. The van der Waals surface area contributed by atoms with Crippen LogP contribution in [-0.4, -0.2) is 25.8 Å². The Morgan fingerprint density at radius 2 is 1.71 bits per heavy atom. The molecule has 3 aromatic carbocycles. The molecule has 0 aromatic heterocycles. The molecule has 1 aliphatic heterocycles. The summed E-state index contributed by atoms with van der Waals surface area (Å²) < 4.78 is 13.2. The Morgan fingerprint density at radius 3 is 2.39 bits per heavy atom. The van der Waals surface area contributed by atoms with Gasteiger partial charge in [-0.05, 0) is 54.8 Å². The molecule has 4 rings (SSSR count). The highest BCUT2D eigenvalue weighted by Gasteiger charge is 2.43. The predicted octanol–water partition coefficient (Wildman–Crippen LogP) is 5.53. The molecule has 3 atom stereocenters. The number of rotatable bonds is 6. The Bertz CT molecular complexity index is 1060. The fourth-order valence-electron chi connectivity index (χ4n) is 3.90. The molecule has 5 nitrogen and oxygen atoms in total. The number of halogens is 1. The minimum absolute atomic E-state index is 0.0623. The van der Waals surface area contributed by atoms with Crippen molar-refractivity contribution < 1.29 is 24.5 Å². The molecule has 1 saturated heterocycles. The Kier molecular flexibility index (Phi) is 6.15. The van der Waals surface area contributed by atoms with Gasteiger partial charge in [-0.3, -0.25) is 9.69 Å². The van der Waals surface area contributed by atoms with Crippen LogP contribution in [0.1, 0.15) is 36.1 Å². The van der Waals surface area contributed by atoms with Crippen molar-refractivity contribution >= 4 is 22.7 Å². The number of phenols is 2. The van der Waals surface area contributed by atoms with Crippen molar-refractivity contribution in [3.63, 3.8) is 0 Å². The van der Waals surface area contributed by atoms with Crippen LogP contribution in [0, 0.1) is 5.82 Å². The number of nitrogens with zero attached hydrogens (tertiary/aromatic N) is 1. The number of hydrogen-bond donors (Lipinski definition) is 3. The van der Waals surface area contributed by atoms with Gasteiger partial charge in [-0.1, -0.05) is 42.1 Å². The van der Waals surface area contributed by atoms with E-state index in [0.717, 1.165) is 0 Å². The second-order valence-electron chi connectivity index (χ2n) is 7.46. The fourth-order valence-corrected chi connectivity index (χ4v) is 5.14. The van der Waals surface area contributed by atoms with Gasteiger partial charge < -0.3 is 15.3 Å². The van der Waals surface area contributed by atoms with Crippen molar-refractivity contribution in [3.8, 4) is 11.5 Å². The number of phenolic OH excluding ortho intramolecular Hbond substituents is 2. The number of para-hydroxylation sites is 1. The van der Waals surface area contributed by atoms with Crippen molar-refractivity contribution in [1.82, 2.24) is 0 Å². The summed E-state index contributed by atoms with van der Waals surface area (Å²) in [6.07, 6.45) is 0.0637. The standard InChI is InChI=1S/C24H22FNO4S/c25-16-8-6-15(7-9-16)20(28)12-13-22-23(19-11-10-18(27)14-21(19)29)26(24(30)31-22)17-4-2-1-3-5-17/h1-11,14,20,22-23,27-29H,12-13H2/t20?,22-,23+/m0/s1. The van der Waals surface area contributed by atoms with E-state index in [4.69, 9.17) is 0 Å². The molecule has 0 radical (unpaired) electrons. The van der Waals surface area contributed by atoms with E-state index >= 15 is 0 Å². The van der Waals surface area contributed by atoms with Gasteiger partial charge in [0.1, 0.15) is 17.3 Å². The van der Waals surface area contributed by atoms with Crippen molar-refractivity contribution in [2.75, 3.05) is 4.90 Å². The second-order valence-corrected chi connectivity index (χ2v) is 8.65. The van der Waals surface area contributed by atoms with Crippen molar-refractivity contribution in [2.45, 2.75) is 30.2 Å². The van der Waals surface area contributed by atoms with E-state index in [2.05, 4.69) is 0 Å². The lowest BCUT2D eigenvalue weighted by molar-refractivity contribution is 0.163. The van der Waals surface area contributed by atoms with E-state index < -0.39 is 12.1 Å². The van der Waals surface area contributed by atoms with Crippen LogP contribution in [0.2, 0.25) is 0 Å². The van der Waals surface area contributed by atoms with Crippen molar-refractivity contribution in [1.29, 1.82) is 0 Å². The summed E-state index contributed by atoms with van der Waals surface area (Å²) in [5, 5.41) is 30.4. The van der Waals surface area contributed by atoms with Crippen LogP contribution in [0.5, 0.6) is 11.5 Å². The number of aliphatic hydroxyl groups excluding tert-OH is 1. The van der Waals surface area contributed by atoms with Gasteiger partial charge in [-0.15, -0.1) is 0 Å². The molecule has 1 fully saturated rings. The van der Waals surface area contributed by atoms with E-state index in [1.807, 2.05) is 30.3 Å². The SMILES string of the molecule is O=C1S[C@@H](CCC(O)c2ccc(F)cc2)[C@@H](c2ccc(O)cc2O)N1c1ccccc1. The Balaban J connectivity index is 1.62. The van der Waals surface area contributed by atoms with Crippen LogP contribution in [0.15, 0.2) is 72.8 Å². The first-order valence-electron chi connectivity index (χ1n) is 9.94. The lowest BCUT2D eigenvalue weighted by Gasteiger charge is -2.28. The van der Waals surface area contributed by atoms with Gasteiger partial charge in [0, 0.05) is 22.6 Å². The molecule has 1 amide bonds. The lowest BCUT2D eigenvalue weighted by atomic mass is 9.95. The van der Waals surface area contributed by atoms with E-state index in [0.29, 0.717) is 29.7 Å². The van der Waals surface area contributed by atoms with Gasteiger partial charge >= 0.3 is 0 Å². The number of aromatic hydroxyl groups is 2. The fraction of sp³-hybridized carbons (Fsp3) is 0.208. The summed E-state index contributed by atoms with van der Waals surface area (Å²) in [4.78, 5) is 14.6. The monoisotopic (exact) mass is 439 g/mol. The number of aliphatic hydroxyl groups is 1. The van der Waals surface area contributed by atoms with E-state index in [-0.39, 0.29) is 27.8 Å². The van der Waals surface area contributed by atoms with Crippen LogP contribution in [-0.2, 0) is 0 Å². The minimum atomic E-state index is -0.795. The largest absolute Gasteiger partial charge is 0.508 e. The van der Waals surface area contributed by atoms with E-state index in [9.17, 15) is 24.5 Å². The summed E-state index contributed by atoms with van der Waals surface area (Å²) >= 11 is 1.17. The Morgan fingerprint density at radius 1 is 1.00 bits per heavy atom. The van der Waals surface area contributed by atoms with Gasteiger partial charge in [0.15, 0.2) is 0 Å². The van der Waals surface area contributed by atoms with Crippen LogP contribution < -0.4 is 4.90 Å². The highest BCUT2D eigenvalue weighted by Crippen LogP contribution is 2.49.